The molecule has 2 aromatic heterocycles. The number of halogens is 5. The Morgan fingerprint density at radius 3 is 2.19 bits per heavy atom. The summed E-state index contributed by atoms with van der Waals surface area (Å²) in [4.78, 5) is 22.6. The maximum absolute atomic E-state index is 13.8. The second-order valence-corrected chi connectivity index (χ2v) is 6.43. The number of amides is 1. The van der Waals surface area contributed by atoms with Gasteiger partial charge in [0.05, 0.1) is 17.0 Å². The third-order valence-electron chi connectivity index (χ3n) is 4.35. The van der Waals surface area contributed by atoms with Crippen LogP contribution in [0.1, 0.15) is 17.0 Å². The molecule has 164 valence electrons. The summed E-state index contributed by atoms with van der Waals surface area (Å²) < 4.78 is 69.3. The van der Waals surface area contributed by atoms with Gasteiger partial charge in [-0.1, -0.05) is 0 Å². The molecule has 31 heavy (non-hydrogen) atoms. The molecule has 0 aliphatic rings. The van der Waals surface area contributed by atoms with Crippen LogP contribution in [0.5, 0.6) is 0 Å². The highest BCUT2D eigenvalue weighted by Gasteiger charge is 2.26. The molecule has 0 unspecified atom stereocenters. The van der Waals surface area contributed by atoms with Gasteiger partial charge in [-0.2, -0.15) is 10.2 Å². The van der Waals surface area contributed by atoms with Crippen LogP contribution in [-0.2, 0) is 17.9 Å². The minimum Gasteiger partial charge on any atom is -0.308 e. The molecule has 3 aromatic rings. The number of aryl methyl sites for hydroxylation is 1. The maximum atomic E-state index is 13.8. The van der Waals surface area contributed by atoms with Crippen molar-refractivity contribution in [3.05, 3.63) is 68.4 Å². The lowest BCUT2D eigenvalue weighted by Gasteiger charge is -2.08. The van der Waals surface area contributed by atoms with E-state index in [4.69, 9.17) is 0 Å². The van der Waals surface area contributed by atoms with Gasteiger partial charge in [0.25, 0.3) is 0 Å². The number of hydrogen-bond donors (Lipinski definition) is 1. The van der Waals surface area contributed by atoms with Crippen molar-refractivity contribution in [2.24, 2.45) is 0 Å². The van der Waals surface area contributed by atoms with Crippen molar-refractivity contribution in [1.82, 2.24) is 19.6 Å². The van der Waals surface area contributed by atoms with Crippen LogP contribution >= 0.6 is 0 Å². The maximum Gasteiger partial charge on any atom is 0.312 e. The number of nitrogens with zero attached hydrogens (tertiary/aromatic N) is 5. The molecule has 0 saturated carbocycles. The molecule has 0 aliphatic carbocycles. The molecule has 0 bridgehead atoms. The fourth-order valence-corrected chi connectivity index (χ4v) is 2.89. The van der Waals surface area contributed by atoms with Crippen LogP contribution in [0.2, 0.25) is 0 Å². The number of nitrogens with one attached hydrogen (secondary N) is 1. The summed E-state index contributed by atoms with van der Waals surface area (Å²) in [5, 5.41) is 21.1. The summed E-state index contributed by atoms with van der Waals surface area (Å²) in [6.07, 6.45) is 1.15. The molecule has 0 aliphatic heterocycles. The van der Waals surface area contributed by atoms with Crippen molar-refractivity contribution in [3.8, 4) is 0 Å². The van der Waals surface area contributed by atoms with Crippen molar-refractivity contribution in [2.75, 3.05) is 5.32 Å². The summed E-state index contributed by atoms with van der Waals surface area (Å²) >= 11 is 0. The second kappa shape index (κ2) is 8.12. The summed E-state index contributed by atoms with van der Waals surface area (Å²) in [5.41, 5.74) is -1.02. The van der Waals surface area contributed by atoms with Gasteiger partial charge in [0, 0.05) is 12.3 Å². The molecule has 0 saturated heterocycles. The number of aromatic nitrogens is 4. The van der Waals surface area contributed by atoms with E-state index < -0.39 is 52.0 Å². The predicted molar refractivity (Wildman–Crippen MR) is 94.5 cm³/mol. The number of nitro groups is 1. The van der Waals surface area contributed by atoms with Crippen LogP contribution in [0.3, 0.4) is 0 Å². The Hall–Kier alpha value is -3.84. The topological polar surface area (TPSA) is 108 Å². The highest BCUT2D eigenvalue weighted by Crippen LogP contribution is 2.24. The van der Waals surface area contributed by atoms with Gasteiger partial charge in [-0.15, -0.1) is 0 Å². The van der Waals surface area contributed by atoms with E-state index in [0.717, 1.165) is 15.6 Å². The monoisotopic (exact) mass is 444 g/mol. The Morgan fingerprint density at radius 1 is 1.06 bits per heavy atom. The van der Waals surface area contributed by atoms with E-state index >= 15 is 0 Å². The highest BCUT2D eigenvalue weighted by atomic mass is 19.2. The average Bonchev–Trinajstić information content (AvgIpc) is 3.25. The molecule has 3 rings (SSSR count). The van der Waals surface area contributed by atoms with Gasteiger partial charge in [-0.25, -0.2) is 22.0 Å². The molecule has 0 radical (unpaired) electrons. The van der Waals surface area contributed by atoms with Gasteiger partial charge in [0.2, 0.25) is 11.7 Å². The van der Waals surface area contributed by atoms with Crippen molar-refractivity contribution in [2.45, 2.75) is 26.9 Å². The second-order valence-electron chi connectivity index (χ2n) is 6.43. The van der Waals surface area contributed by atoms with Gasteiger partial charge < -0.3 is 5.32 Å². The SMILES string of the molecule is Cc1nn(CC(=O)Nc2ccn(Cc3c(F)c(F)c(F)c(F)c3F)n2)c(C)c1[N+](=O)[O-]. The molecule has 0 fully saturated rings. The lowest BCUT2D eigenvalue weighted by molar-refractivity contribution is -0.386. The Bertz CT molecular complexity index is 1180. The minimum atomic E-state index is -2.27. The standard InChI is InChI=1S/C17H13F5N6O3/c1-7-17(28(30)31)8(2)27(24-7)6-11(29)23-10-3-4-26(25-10)5-9-12(18)14(20)16(22)15(21)13(9)19/h3-4H,5-6H2,1-2H3,(H,23,25,29). The molecular formula is C17H13F5N6O3. The van der Waals surface area contributed by atoms with E-state index in [2.05, 4.69) is 15.5 Å². The van der Waals surface area contributed by atoms with Gasteiger partial charge in [-0.05, 0) is 13.8 Å². The molecule has 1 N–H and O–H groups in total. The third-order valence-corrected chi connectivity index (χ3v) is 4.35. The number of rotatable bonds is 6. The molecular weight excluding hydrogens is 431 g/mol. The molecule has 1 amide bonds. The van der Waals surface area contributed by atoms with Crippen LogP contribution in [-0.4, -0.2) is 30.4 Å². The van der Waals surface area contributed by atoms with Crippen molar-refractivity contribution in [1.29, 1.82) is 0 Å². The Kier molecular flexibility index (Phi) is 5.73. The lowest BCUT2D eigenvalue weighted by atomic mass is 10.1. The van der Waals surface area contributed by atoms with Crippen LogP contribution in [0.4, 0.5) is 33.5 Å². The number of carbonyl (C=O) groups excluding carboxylic acids is 1. The van der Waals surface area contributed by atoms with Crippen LogP contribution in [0, 0.1) is 53.0 Å². The first-order chi connectivity index (χ1) is 14.5. The largest absolute Gasteiger partial charge is 0.312 e. The number of hydrogen-bond acceptors (Lipinski definition) is 5. The molecule has 0 atom stereocenters. The normalized spacial score (nSPS) is 11.1. The number of carbonyl (C=O) groups is 1. The zero-order valence-electron chi connectivity index (χ0n) is 15.9. The number of anilines is 1. The summed E-state index contributed by atoms with van der Waals surface area (Å²) in [6.45, 7) is 1.67. The molecule has 1 aromatic carbocycles. The van der Waals surface area contributed by atoms with Crippen LogP contribution < -0.4 is 5.32 Å². The highest BCUT2D eigenvalue weighted by molar-refractivity contribution is 5.89. The van der Waals surface area contributed by atoms with E-state index in [0.29, 0.717) is 0 Å². The van der Waals surface area contributed by atoms with E-state index in [-0.39, 0.29) is 29.4 Å². The van der Waals surface area contributed by atoms with Gasteiger partial charge >= 0.3 is 5.69 Å². The average molecular weight is 444 g/mol. The minimum absolute atomic E-state index is 0.0788. The van der Waals surface area contributed by atoms with Crippen LogP contribution in [0.15, 0.2) is 12.3 Å². The zero-order chi connectivity index (χ0) is 23.0. The lowest BCUT2D eigenvalue weighted by Crippen LogP contribution is -2.21. The van der Waals surface area contributed by atoms with Crippen LogP contribution in [0.25, 0.3) is 0 Å². The number of benzene rings is 1. The van der Waals surface area contributed by atoms with Crippen molar-refractivity contribution < 1.29 is 31.7 Å². The fraction of sp³-hybridized carbons (Fsp3) is 0.235. The van der Waals surface area contributed by atoms with E-state index in [1.165, 1.54) is 19.9 Å². The zero-order valence-corrected chi connectivity index (χ0v) is 15.9. The quantitative estimate of drug-likeness (QED) is 0.207. The first-order valence-corrected chi connectivity index (χ1v) is 8.53. The summed E-state index contributed by atoms with van der Waals surface area (Å²) in [7, 11) is 0. The third kappa shape index (κ3) is 4.08. The fourth-order valence-electron chi connectivity index (χ4n) is 2.89. The first-order valence-electron chi connectivity index (χ1n) is 8.53. The van der Waals surface area contributed by atoms with Gasteiger partial charge in [0.1, 0.15) is 17.9 Å². The molecule has 9 nitrogen and oxygen atoms in total. The van der Waals surface area contributed by atoms with Gasteiger partial charge in [0.15, 0.2) is 29.1 Å². The Morgan fingerprint density at radius 2 is 1.65 bits per heavy atom. The van der Waals surface area contributed by atoms with Gasteiger partial charge in [-0.3, -0.25) is 24.3 Å². The Balaban J connectivity index is 1.74. The molecule has 0 spiro atoms. The summed E-state index contributed by atoms with van der Waals surface area (Å²) in [5.74, 6) is -11.1. The molecule has 2 heterocycles. The molecule has 14 heteroatoms. The Labute approximate surface area is 170 Å². The predicted octanol–water partition coefficient (Wildman–Crippen LogP) is 2.99. The van der Waals surface area contributed by atoms with E-state index in [1.54, 1.807) is 0 Å². The van der Waals surface area contributed by atoms with E-state index in [1.807, 2.05) is 0 Å². The first kappa shape index (κ1) is 21.9. The van der Waals surface area contributed by atoms with Crippen molar-refractivity contribution >= 4 is 17.4 Å². The van der Waals surface area contributed by atoms with Crippen molar-refractivity contribution in [3.63, 3.8) is 0 Å². The summed E-state index contributed by atoms with van der Waals surface area (Å²) in [6, 6.07) is 1.23. The van der Waals surface area contributed by atoms with E-state index in [9.17, 15) is 36.9 Å². The smallest absolute Gasteiger partial charge is 0.308 e.